The van der Waals surface area contributed by atoms with Crippen molar-refractivity contribution < 1.29 is 9.53 Å². The van der Waals surface area contributed by atoms with E-state index >= 15 is 0 Å². The van der Waals surface area contributed by atoms with Crippen LogP contribution in [0, 0.1) is 0 Å². The van der Waals surface area contributed by atoms with Gasteiger partial charge in [-0.2, -0.15) is 0 Å². The molecule has 2 rings (SSSR count). The molecule has 2 aromatic rings. The second-order valence-corrected chi connectivity index (χ2v) is 3.92. The molecule has 2 heterocycles. The summed E-state index contributed by atoms with van der Waals surface area (Å²) in [5.74, 6) is 0.693. The topological polar surface area (TPSA) is 64.1 Å². The van der Waals surface area contributed by atoms with E-state index in [1.165, 1.54) is 0 Å². The Balaban J connectivity index is 1.65. The quantitative estimate of drug-likeness (QED) is 0.806. The van der Waals surface area contributed by atoms with Crippen molar-refractivity contribution in [3.63, 3.8) is 0 Å². The Morgan fingerprint density at radius 3 is 2.74 bits per heavy atom. The fourth-order valence-electron chi connectivity index (χ4n) is 1.51. The summed E-state index contributed by atoms with van der Waals surface area (Å²) in [7, 11) is 0. The Hall–Kier alpha value is -2.43. The van der Waals surface area contributed by atoms with E-state index in [4.69, 9.17) is 4.74 Å². The van der Waals surface area contributed by atoms with Crippen molar-refractivity contribution in [2.24, 2.45) is 0 Å². The number of nitrogens with one attached hydrogen (secondary N) is 1. The van der Waals surface area contributed by atoms with Gasteiger partial charge in [-0.1, -0.05) is 0 Å². The number of carbonyl (C=O) groups excluding carboxylic acids is 1. The fourth-order valence-corrected chi connectivity index (χ4v) is 1.51. The minimum atomic E-state index is -0.0269. The maximum atomic E-state index is 11.6. The first-order chi connectivity index (χ1) is 9.34. The van der Waals surface area contributed by atoms with E-state index in [2.05, 4.69) is 15.3 Å². The standard InChI is InChI=1S/C14H15N3O2/c18-14(17-12-5-8-15-9-6-12)4-2-10-19-13-3-1-7-16-11-13/h1,3,5-9,11H,2,4,10H2,(H,15,17,18). The van der Waals surface area contributed by atoms with Crippen LogP contribution in [0.2, 0.25) is 0 Å². The monoisotopic (exact) mass is 257 g/mol. The number of hydrogen-bond acceptors (Lipinski definition) is 4. The maximum absolute atomic E-state index is 11.6. The second-order valence-electron chi connectivity index (χ2n) is 3.92. The fraction of sp³-hybridized carbons (Fsp3) is 0.214. The third-order valence-corrected chi connectivity index (χ3v) is 2.42. The zero-order valence-corrected chi connectivity index (χ0v) is 10.5. The number of rotatable bonds is 6. The molecule has 0 fully saturated rings. The molecular weight excluding hydrogens is 242 g/mol. The van der Waals surface area contributed by atoms with Gasteiger partial charge in [-0.3, -0.25) is 14.8 Å². The average Bonchev–Trinajstić information content (AvgIpc) is 2.46. The summed E-state index contributed by atoms with van der Waals surface area (Å²) in [6, 6.07) is 7.16. The van der Waals surface area contributed by atoms with Crippen LogP contribution in [0.15, 0.2) is 49.1 Å². The van der Waals surface area contributed by atoms with E-state index in [0.717, 1.165) is 11.4 Å². The number of carbonyl (C=O) groups is 1. The first kappa shape index (κ1) is 13.0. The molecule has 0 aliphatic rings. The molecule has 1 amide bonds. The van der Waals surface area contributed by atoms with Gasteiger partial charge in [0.15, 0.2) is 0 Å². The molecule has 1 N–H and O–H groups in total. The second kappa shape index (κ2) is 7.10. The summed E-state index contributed by atoms with van der Waals surface area (Å²) in [6.45, 7) is 0.495. The van der Waals surface area contributed by atoms with E-state index in [9.17, 15) is 4.79 Å². The summed E-state index contributed by atoms with van der Waals surface area (Å²) in [4.78, 5) is 19.5. The van der Waals surface area contributed by atoms with Crippen LogP contribution >= 0.6 is 0 Å². The zero-order valence-electron chi connectivity index (χ0n) is 10.5. The summed E-state index contributed by atoms with van der Waals surface area (Å²) < 4.78 is 5.45. The zero-order chi connectivity index (χ0) is 13.3. The number of ether oxygens (including phenoxy) is 1. The largest absolute Gasteiger partial charge is 0.492 e. The van der Waals surface area contributed by atoms with Crippen molar-refractivity contribution in [3.05, 3.63) is 49.1 Å². The number of anilines is 1. The van der Waals surface area contributed by atoms with E-state index < -0.39 is 0 Å². The van der Waals surface area contributed by atoms with Gasteiger partial charge in [-0.05, 0) is 30.7 Å². The highest BCUT2D eigenvalue weighted by Gasteiger charge is 2.02. The number of hydrogen-bond donors (Lipinski definition) is 1. The lowest BCUT2D eigenvalue weighted by Crippen LogP contribution is -2.12. The first-order valence-corrected chi connectivity index (χ1v) is 6.07. The summed E-state index contributed by atoms with van der Waals surface area (Å²) in [5.41, 5.74) is 0.758. The van der Waals surface area contributed by atoms with Gasteiger partial charge >= 0.3 is 0 Å². The summed E-state index contributed by atoms with van der Waals surface area (Å²) in [5, 5.41) is 2.79. The Morgan fingerprint density at radius 1 is 1.16 bits per heavy atom. The molecule has 19 heavy (non-hydrogen) atoms. The lowest BCUT2D eigenvalue weighted by Gasteiger charge is -2.06. The predicted octanol–water partition coefficient (Wildman–Crippen LogP) is 2.27. The third-order valence-electron chi connectivity index (χ3n) is 2.42. The molecule has 0 spiro atoms. The van der Waals surface area contributed by atoms with Crippen molar-refractivity contribution in [2.45, 2.75) is 12.8 Å². The Morgan fingerprint density at radius 2 is 2.00 bits per heavy atom. The van der Waals surface area contributed by atoms with Crippen LogP contribution in [-0.2, 0) is 4.79 Å². The van der Waals surface area contributed by atoms with Crippen LogP contribution in [0.3, 0.4) is 0 Å². The molecular formula is C14H15N3O2. The van der Waals surface area contributed by atoms with Crippen LogP contribution in [0.5, 0.6) is 5.75 Å². The number of nitrogens with zero attached hydrogens (tertiary/aromatic N) is 2. The molecule has 0 saturated carbocycles. The van der Waals surface area contributed by atoms with Crippen molar-refractivity contribution in [1.29, 1.82) is 0 Å². The third kappa shape index (κ3) is 4.75. The molecule has 0 bridgehead atoms. The normalized spacial score (nSPS) is 9.89. The molecule has 0 unspecified atom stereocenters. The highest BCUT2D eigenvalue weighted by molar-refractivity contribution is 5.90. The minimum absolute atomic E-state index is 0.0269. The van der Waals surface area contributed by atoms with E-state index in [1.54, 1.807) is 36.9 Å². The lowest BCUT2D eigenvalue weighted by molar-refractivity contribution is -0.116. The molecule has 98 valence electrons. The smallest absolute Gasteiger partial charge is 0.224 e. The maximum Gasteiger partial charge on any atom is 0.224 e. The predicted molar refractivity (Wildman–Crippen MR) is 71.8 cm³/mol. The molecule has 0 atom stereocenters. The van der Waals surface area contributed by atoms with Crippen molar-refractivity contribution in [1.82, 2.24) is 9.97 Å². The Bertz CT molecular complexity index is 503. The van der Waals surface area contributed by atoms with Gasteiger partial charge in [-0.15, -0.1) is 0 Å². The molecule has 5 heteroatoms. The molecule has 2 aromatic heterocycles. The molecule has 0 radical (unpaired) electrons. The van der Waals surface area contributed by atoms with Crippen LogP contribution < -0.4 is 10.1 Å². The molecule has 5 nitrogen and oxygen atoms in total. The summed E-state index contributed by atoms with van der Waals surface area (Å²) >= 11 is 0. The van der Waals surface area contributed by atoms with Gasteiger partial charge in [0.05, 0.1) is 12.8 Å². The average molecular weight is 257 g/mol. The van der Waals surface area contributed by atoms with E-state index in [1.807, 2.05) is 12.1 Å². The molecule has 0 aliphatic carbocycles. The van der Waals surface area contributed by atoms with E-state index in [-0.39, 0.29) is 5.91 Å². The van der Waals surface area contributed by atoms with Crippen LogP contribution in [0.4, 0.5) is 5.69 Å². The molecule has 0 saturated heterocycles. The van der Waals surface area contributed by atoms with Gasteiger partial charge < -0.3 is 10.1 Å². The highest BCUT2D eigenvalue weighted by atomic mass is 16.5. The van der Waals surface area contributed by atoms with E-state index in [0.29, 0.717) is 19.4 Å². The van der Waals surface area contributed by atoms with Crippen molar-refractivity contribution in [2.75, 3.05) is 11.9 Å². The lowest BCUT2D eigenvalue weighted by atomic mass is 10.3. The number of amides is 1. The minimum Gasteiger partial charge on any atom is -0.492 e. The van der Waals surface area contributed by atoms with Gasteiger partial charge in [0, 0.05) is 30.7 Å². The Labute approximate surface area is 111 Å². The van der Waals surface area contributed by atoms with Gasteiger partial charge in [0.2, 0.25) is 5.91 Å². The molecule has 0 aliphatic heterocycles. The van der Waals surface area contributed by atoms with Crippen molar-refractivity contribution >= 4 is 11.6 Å². The van der Waals surface area contributed by atoms with Crippen LogP contribution in [0.25, 0.3) is 0 Å². The number of pyridine rings is 2. The SMILES string of the molecule is O=C(CCCOc1cccnc1)Nc1ccncc1. The van der Waals surface area contributed by atoms with Crippen LogP contribution in [-0.4, -0.2) is 22.5 Å². The van der Waals surface area contributed by atoms with Gasteiger partial charge in [0.25, 0.3) is 0 Å². The number of aromatic nitrogens is 2. The van der Waals surface area contributed by atoms with Crippen molar-refractivity contribution in [3.8, 4) is 5.75 Å². The van der Waals surface area contributed by atoms with Gasteiger partial charge in [-0.25, -0.2) is 0 Å². The Kier molecular flexibility index (Phi) is 4.87. The highest BCUT2D eigenvalue weighted by Crippen LogP contribution is 2.08. The summed E-state index contributed by atoms with van der Waals surface area (Å²) in [6.07, 6.45) is 7.70. The first-order valence-electron chi connectivity index (χ1n) is 6.07. The van der Waals surface area contributed by atoms with Gasteiger partial charge in [0.1, 0.15) is 5.75 Å². The van der Waals surface area contributed by atoms with Crippen LogP contribution in [0.1, 0.15) is 12.8 Å². The molecule has 0 aromatic carbocycles.